The number of imide groups is 1. The Hall–Kier alpha value is -3.75. The zero-order valence-electron chi connectivity index (χ0n) is 15.7. The summed E-state index contributed by atoms with van der Waals surface area (Å²) in [5.41, 5.74) is -0.920. The van der Waals surface area contributed by atoms with Crippen LogP contribution in [0.4, 0.5) is 14.9 Å². The third kappa shape index (κ3) is 3.79. The molecule has 1 saturated heterocycles. The molecule has 150 valence electrons. The summed E-state index contributed by atoms with van der Waals surface area (Å²) in [6.45, 7) is 0.836. The summed E-state index contributed by atoms with van der Waals surface area (Å²) in [6, 6.07) is 10.7. The molecule has 1 atom stereocenters. The predicted octanol–water partition coefficient (Wildman–Crippen LogP) is 2.02. The molecule has 0 radical (unpaired) electrons. The highest BCUT2D eigenvalue weighted by atomic mass is 19.1. The number of nitrogens with one attached hydrogen (secondary N) is 2. The average Bonchev–Trinajstić information content (AvgIpc) is 2.92. The van der Waals surface area contributed by atoms with Crippen molar-refractivity contribution in [2.45, 2.75) is 12.5 Å². The first kappa shape index (κ1) is 20.0. The van der Waals surface area contributed by atoms with Crippen LogP contribution in [0.15, 0.2) is 48.5 Å². The fourth-order valence-corrected chi connectivity index (χ4v) is 3.04. The molecule has 2 aromatic carbocycles. The van der Waals surface area contributed by atoms with E-state index in [1.54, 1.807) is 6.07 Å². The summed E-state index contributed by atoms with van der Waals surface area (Å²) in [5.74, 6) is -2.52. The first-order chi connectivity index (χ1) is 13.8. The van der Waals surface area contributed by atoms with Gasteiger partial charge in [0.2, 0.25) is 5.91 Å². The number of hydrogen-bond donors (Lipinski definition) is 2. The highest BCUT2D eigenvalue weighted by Gasteiger charge is 2.50. The van der Waals surface area contributed by atoms with Crippen molar-refractivity contribution in [3.63, 3.8) is 0 Å². The van der Waals surface area contributed by atoms with Gasteiger partial charge in [-0.05, 0) is 37.3 Å². The largest absolute Gasteiger partial charge is 0.465 e. The number of rotatable bonds is 5. The van der Waals surface area contributed by atoms with Crippen molar-refractivity contribution in [3.05, 3.63) is 65.5 Å². The first-order valence-corrected chi connectivity index (χ1v) is 8.63. The molecule has 9 heteroatoms. The molecule has 0 aliphatic carbocycles. The highest BCUT2D eigenvalue weighted by molar-refractivity contribution is 6.10. The molecular formula is C20H18FN3O5. The lowest BCUT2D eigenvalue weighted by molar-refractivity contribution is -0.133. The summed E-state index contributed by atoms with van der Waals surface area (Å²) >= 11 is 0. The normalized spacial score (nSPS) is 18.4. The number of benzene rings is 2. The van der Waals surface area contributed by atoms with Crippen LogP contribution in [-0.2, 0) is 19.9 Å². The van der Waals surface area contributed by atoms with Crippen molar-refractivity contribution in [2.24, 2.45) is 0 Å². The molecule has 1 unspecified atom stereocenters. The number of hydrogen-bond acceptors (Lipinski definition) is 5. The number of esters is 1. The van der Waals surface area contributed by atoms with Gasteiger partial charge in [0.05, 0.1) is 12.7 Å². The van der Waals surface area contributed by atoms with Crippen LogP contribution in [-0.4, -0.2) is 42.4 Å². The van der Waals surface area contributed by atoms with Crippen LogP contribution in [0, 0.1) is 5.82 Å². The van der Waals surface area contributed by atoms with E-state index in [9.17, 15) is 23.6 Å². The van der Waals surface area contributed by atoms with Crippen molar-refractivity contribution in [3.8, 4) is 0 Å². The number of nitrogens with zero attached hydrogens (tertiary/aromatic N) is 1. The van der Waals surface area contributed by atoms with Crippen LogP contribution in [0.5, 0.6) is 0 Å². The second kappa shape index (κ2) is 7.70. The minimum atomic E-state index is -1.61. The van der Waals surface area contributed by atoms with E-state index in [1.807, 2.05) is 0 Å². The van der Waals surface area contributed by atoms with E-state index in [1.165, 1.54) is 56.5 Å². The number of urea groups is 1. The molecule has 2 aromatic rings. The van der Waals surface area contributed by atoms with Crippen molar-refractivity contribution in [1.82, 2.24) is 10.2 Å². The third-order valence-electron chi connectivity index (χ3n) is 4.58. The van der Waals surface area contributed by atoms with E-state index in [4.69, 9.17) is 0 Å². The van der Waals surface area contributed by atoms with E-state index in [2.05, 4.69) is 15.4 Å². The van der Waals surface area contributed by atoms with Crippen LogP contribution in [0.1, 0.15) is 22.8 Å². The number of halogens is 1. The lowest BCUT2D eigenvalue weighted by atomic mass is 9.91. The minimum absolute atomic E-state index is 0.0136. The summed E-state index contributed by atoms with van der Waals surface area (Å²) in [6.07, 6.45) is 0. The SMILES string of the molecule is COC(=O)c1ccc(NC(=O)CN2C(=O)NC(C)(c3ccccc3F)C2=O)cc1. The molecule has 29 heavy (non-hydrogen) atoms. The highest BCUT2D eigenvalue weighted by Crippen LogP contribution is 2.30. The Labute approximate surface area is 165 Å². The first-order valence-electron chi connectivity index (χ1n) is 8.63. The molecule has 8 nitrogen and oxygen atoms in total. The maximum atomic E-state index is 14.1. The third-order valence-corrected chi connectivity index (χ3v) is 4.58. The number of anilines is 1. The number of ether oxygens (including phenoxy) is 1. The zero-order valence-corrected chi connectivity index (χ0v) is 15.7. The Morgan fingerprint density at radius 3 is 2.41 bits per heavy atom. The minimum Gasteiger partial charge on any atom is -0.465 e. The summed E-state index contributed by atoms with van der Waals surface area (Å²) in [5, 5.41) is 4.98. The molecule has 4 amide bonds. The van der Waals surface area contributed by atoms with Gasteiger partial charge in [0.25, 0.3) is 5.91 Å². The van der Waals surface area contributed by atoms with Crippen LogP contribution in [0.2, 0.25) is 0 Å². The molecule has 1 aliphatic heterocycles. The van der Waals surface area contributed by atoms with E-state index in [0.29, 0.717) is 11.3 Å². The smallest absolute Gasteiger partial charge is 0.337 e. The quantitative estimate of drug-likeness (QED) is 0.591. The van der Waals surface area contributed by atoms with E-state index >= 15 is 0 Å². The Morgan fingerprint density at radius 1 is 1.14 bits per heavy atom. The number of carbonyl (C=O) groups excluding carboxylic acids is 4. The molecular weight excluding hydrogens is 381 g/mol. The zero-order chi connectivity index (χ0) is 21.2. The Bertz CT molecular complexity index is 992. The van der Waals surface area contributed by atoms with E-state index in [0.717, 1.165) is 4.90 Å². The Kier molecular flexibility index (Phi) is 5.31. The van der Waals surface area contributed by atoms with Crippen molar-refractivity contribution >= 4 is 29.5 Å². The van der Waals surface area contributed by atoms with Crippen molar-refractivity contribution in [1.29, 1.82) is 0 Å². The van der Waals surface area contributed by atoms with Gasteiger partial charge in [0.15, 0.2) is 0 Å². The fraction of sp³-hybridized carbons (Fsp3) is 0.200. The summed E-state index contributed by atoms with van der Waals surface area (Å²) < 4.78 is 18.7. The molecule has 0 bridgehead atoms. The monoisotopic (exact) mass is 399 g/mol. The molecule has 2 N–H and O–H groups in total. The number of methoxy groups -OCH3 is 1. The molecule has 0 aromatic heterocycles. The average molecular weight is 399 g/mol. The van der Waals surface area contributed by atoms with E-state index < -0.39 is 41.7 Å². The molecule has 3 rings (SSSR count). The molecule has 0 saturated carbocycles. The molecule has 1 aliphatic rings. The van der Waals surface area contributed by atoms with Gasteiger partial charge in [-0.25, -0.2) is 14.0 Å². The second-order valence-corrected chi connectivity index (χ2v) is 6.54. The Balaban J connectivity index is 1.71. The van der Waals surface area contributed by atoms with Crippen LogP contribution < -0.4 is 10.6 Å². The standard InChI is InChI=1S/C20H18FN3O5/c1-20(14-5-3-4-6-15(14)21)18(27)24(19(28)23-20)11-16(25)22-13-9-7-12(8-10-13)17(26)29-2/h3-10H,11H2,1-2H3,(H,22,25)(H,23,28). The number of amides is 4. The van der Waals surface area contributed by atoms with E-state index in [-0.39, 0.29) is 5.56 Å². The fourth-order valence-electron chi connectivity index (χ4n) is 3.04. The van der Waals surface area contributed by atoms with Gasteiger partial charge >= 0.3 is 12.0 Å². The lowest BCUT2D eigenvalue weighted by Gasteiger charge is -2.22. The van der Waals surface area contributed by atoms with Gasteiger partial charge in [-0.1, -0.05) is 18.2 Å². The van der Waals surface area contributed by atoms with Gasteiger partial charge in [-0.15, -0.1) is 0 Å². The second-order valence-electron chi connectivity index (χ2n) is 6.54. The maximum Gasteiger partial charge on any atom is 0.337 e. The summed E-state index contributed by atoms with van der Waals surface area (Å²) in [4.78, 5) is 49.5. The summed E-state index contributed by atoms with van der Waals surface area (Å²) in [7, 11) is 1.26. The Morgan fingerprint density at radius 2 is 1.79 bits per heavy atom. The van der Waals surface area contributed by atoms with Gasteiger partial charge in [-0.3, -0.25) is 14.5 Å². The molecule has 0 spiro atoms. The predicted molar refractivity (Wildman–Crippen MR) is 100 cm³/mol. The maximum absolute atomic E-state index is 14.1. The number of carbonyl (C=O) groups is 4. The van der Waals surface area contributed by atoms with Crippen LogP contribution >= 0.6 is 0 Å². The molecule has 1 fully saturated rings. The lowest BCUT2D eigenvalue weighted by Crippen LogP contribution is -2.42. The van der Waals surface area contributed by atoms with Gasteiger partial charge in [0.1, 0.15) is 17.9 Å². The van der Waals surface area contributed by atoms with Crippen LogP contribution in [0.25, 0.3) is 0 Å². The van der Waals surface area contributed by atoms with Gasteiger partial charge in [0, 0.05) is 11.3 Å². The van der Waals surface area contributed by atoms with Gasteiger partial charge < -0.3 is 15.4 Å². The van der Waals surface area contributed by atoms with Crippen LogP contribution in [0.3, 0.4) is 0 Å². The molecule has 1 heterocycles. The topological polar surface area (TPSA) is 105 Å². The van der Waals surface area contributed by atoms with Gasteiger partial charge in [-0.2, -0.15) is 0 Å². The van der Waals surface area contributed by atoms with Crippen molar-refractivity contribution in [2.75, 3.05) is 19.0 Å². The van der Waals surface area contributed by atoms with Crippen molar-refractivity contribution < 1.29 is 28.3 Å².